The molecule has 0 aromatic heterocycles. The van der Waals surface area contributed by atoms with Gasteiger partial charge in [0, 0.05) is 11.8 Å². The molecule has 0 unspecified atom stereocenters. The second kappa shape index (κ2) is 9.90. The minimum absolute atomic E-state index is 0.0279. The van der Waals surface area contributed by atoms with Gasteiger partial charge in [-0.25, -0.2) is 0 Å². The predicted octanol–water partition coefficient (Wildman–Crippen LogP) is 8.80. The molecule has 0 heterocycles. The summed E-state index contributed by atoms with van der Waals surface area (Å²) in [7, 11) is 0. The summed E-state index contributed by atoms with van der Waals surface area (Å²) in [6.07, 6.45) is -7.80. The Morgan fingerprint density at radius 3 is 1.48 bits per heavy atom. The number of ether oxygens (including phenoxy) is 1. The van der Waals surface area contributed by atoms with E-state index in [9.17, 15) is 74.6 Å². The first-order valence-electron chi connectivity index (χ1n) is 9.80. The maximum Gasteiger partial charge on any atom is 0.460 e. The first-order valence-corrected chi connectivity index (χ1v) is 9.80. The first kappa shape index (κ1) is 32.8. The summed E-state index contributed by atoms with van der Waals surface area (Å²) in [4.78, 5) is 0. The maximum absolute atomic E-state index is 14.0. The van der Waals surface area contributed by atoms with E-state index in [1.807, 2.05) is 0 Å². The first-order chi connectivity index (χ1) is 17.8. The summed E-state index contributed by atoms with van der Waals surface area (Å²) >= 11 is 0. The molecule has 2 N–H and O–H groups in total. The van der Waals surface area contributed by atoms with Gasteiger partial charge in [-0.15, -0.1) is 0 Å². The molecule has 2 nitrogen and oxygen atoms in total. The minimum Gasteiger partial charge on any atom is -0.430 e. The third kappa shape index (κ3) is 4.97. The number of halogens is 17. The van der Waals surface area contributed by atoms with Crippen LogP contribution in [0.4, 0.5) is 80.3 Å². The highest BCUT2D eigenvalue weighted by Crippen LogP contribution is 2.63. The van der Waals surface area contributed by atoms with Crippen LogP contribution in [0.25, 0.3) is 11.1 Å². The van der Waals surface area contributed by atoms with Gasteiger partial charge in [0.2, 0.25) is 5.83 Å². The zero-order chi connectivity index (χ0) is 31.3. The van der Waals surface area contributed by atoms with Gasteiger partial charge in [0.25, 0.3) is 0 Å². The van der Waals surface area contributed by atoms with E-state index in [-0.39, 0.29) is 16.8 Å². The lowest BCUT2D eigenvalue weighted by molar-refractivity contribution is -0.451. The van der Waals surface area contributed by atoms with Crippen molar-refractivity contribution in [3.05, 3.63) is 60.4 Å². The van der Waals surface area contributed by atoms with Gasteiger partial charge >= 0.3 is 47.7 Å². The number of benzene rings is 2. The SMILES string of the molecule is Nc1cc(OC(F)=C(F)C(F)(F)C(F)(F)C(F)(F)C(F)(F)C(F)(F)C(F)(F)C(F)(F)F)cc(-c2ccccc2)c1. The second-order valence-corrected chi connectivity index (χ2v) is 7.79. The monoisotopic (exact) mass is 615 g/mol. The Kier molecular flexibility index (Phi) is 8.12. The fourth-order valence-electron chi connectivity index (χ4n) is 2.85. The average Bonchev–Trinajstić information content (AvgIpc) is 2.82. The Bertz CT molecular complexity index is 1250. The fourth-order valence-corrected chi connectivity index (χ4v) is 2.85. The van der Waals surface area contributed by atoms with Crippen LogP contribution in [0.3, 0.4) is 0 Å². The van der Waals surface area contributed by atoms with Crippen molar-refractivity contribution >= 4 is 5.69 Å². The van der Waals surface area contributed by atoms with Crippen molar-refractivity contribution in [2.24, 2.45) is 0 Å². The number of allylic oxidation sites excluding steroid dienone is 1. The number of nitrogens with two attached hydrogens (primary N) is 1. The van der Waals surface area contributed by atoms with Crippen LogP contribution in [0.2, 0.25) is 0 Å². The molecule has 0 aliphatic heterocycles. The Morgan fingerprint density at radius 1 is 0.550 bits per heavy atom. The van der Waals surface area contributed by atoms with Gasteiger partial charge in [-0.3, -0.25) is 0 Å². The molecule has 0 fully saturated rings. The lowest BCUT2D eigenvalue weighted by atomic mass is 9.91. The quantitative estimate of drug-likeness (QED) is 0.174. The molecule has 2 aromatic carbocycles. The number of nitrogen functional groups attached to an aromatic ring is 1. The third-order valence-electron chi connectivity index (χ3n) is 5.02. The van der Waals surface area contributed by atoms with Crippen molar-refractivity contribution in [1.82, 2.24) is 0 Å². The van der Waals surface area contributed by atoms with E-state index in [4.69, 9.17) is 5.73 Å². The van der Waals surface area contributed by atoms with Crippen LogP contribution >= 0.6 is 0 Å². The molecule has 0 saturated heterocycles. The number of anilines is 1. The summed E-state index contributed by atoms with van der Waals surface area (Å²) in [6, 6.07) is 5.92. The molecule has 2 aromatic rings. The highest BCUT2D eigenvalue weighted by Gasteiger charge is 2.93. The number of alkyl halides is 15. The molecule has 0 aliphatic rings. The summed E-state index contributed by atoms with van der Waals surface area (Å²) in [5.74, 6) is -55.4. The normalized spacial score (nSPS) is 15.1. The lowest BCUT2D eigenvalue weighted by Gasteiger charge is -2.41. The Hall–Kier alpha value is -3.41. The van der Waals surface area contributed by atoms with Crippen molar-refractivity contribution in [3.8, 4) is 16.9 Å². The van der Waals surface area contributed by atoms with Gasteiger partial charge in [0.15, 0.2) is 0 Å². The van der Waals surface area contributed by atoms with Gasteiger partial charge in [-0.2, -0.15) is 74.6 Å². The molecular formula is C21H10F17NO. The van der Waals surface area contributed by atoms with E-state index in [1.54, 1.807) is 0 Å². The van der Waals surface area contributed by atoms with E-state index in [2.05, 4.69) is 4.74 Å². The van der Waals surface area contributed by atoms with Crippen LogP contribution in [0.5, 0.6) is 5.75 Å². The van der Waals surface area contributed by atoms with E-state index < -0.39 is 59.3 Å². The maximum atomic E-state index is 14.0. The Balaban J connectivity index is 2.55. The van der Waals surface area contributed by atoms with Crippen molar-refractivity contribution in [3.63, 3.8) is 0 Å². The van der Waals surface area contributed by atoms with Crippen LogP contribution < -0.4 is 10.5 Å². The molecule has 40 heavy (non-hydrogen) atoms. The smallest absolute Gasteiger partial charge is 0.430 e. The molecule has 0 atom stereocenters. The summed E-state index contributed by atoms with van der Waals surface area (Å²) in [6.45, 7) is 0. The Labute approximate surface area is 210 Å². The van der Waals surface area contributed by atoms with E-state index in [1.165, 1.54) is 30.3 Å². The lowest BCUT2D eigenvalue weighted by Crippen LogP contribution is -2.72. The van der Waals surface area contributed by atoms with Gasteiger partial charge < -0.3 is 10.5 Å². The van der Waals surface area contributed by atoms with Crippen molar-refractivity contribution in [1.29, 1.82) is 0 Å². The fraction of sp³-hybridized carbons (Fsp3) is 0.333. The van der Waals surface area contributed by atoms with Crippen molar-refractivity contribution < 1.29 is 79.4 Å². The average molecular weight is 615 g/mol. The number of hydrogen-bond acceptors (Lipinski definition) is 2. The topological polar surface area (TPSA) is 35.2 Å². The van der Waals surface area contributed by atoms with Gasteiger partial charge in [0.1, 0.15) is 5.75 Å². The zero-order valence-corrected chi connectivity index (χ0v) is 18.5. The summed E-state index contributed by atoms with van der Waals surface area (Å²) in [5, 5.41) is 0. The second-order valence-electron chi connectivity index (χ2n) is 7.79. The largest absolute Gasteiger partial charge is 0.460 e. The summed E-state index contributed by atoms with van der Waals surface area (Å²) < 4.78 is 230. The molecule has 0 radical (unpaired) electrons. The number of rotatable bonds is 9. The highest BCUT2D eigenvalue weighted by molar-refractivity contribution is 5.69. The van der Waals surface area contributed by atoms with Gasteiger partial charge in [-0.1, -0.05) is 30.3 Å². The van der Waals surface area contributed by atoms with Gasteiger partial charge in [-0.05, 0) is 23.3 Å². The van der Waals surface area contributed by atoms with Crippen LogP contribution in [-0.2, 0) is 0 Å². The molecule has 2 rings (SSSR count). The van der Waals surface area contributed by atoms with E-state index in [0.717, 1.165) is 6.07 Å². The zero-order valence-electron chi connectivity index (χ0n) is 18.5. The van der Waals surface area contributed by atoms with E-state index in [0.29, 0.717) is 12.1 Å². The molecule has 0 spiro atoms. The van der Waals surface area contributed by atoms with Crippen LogP contribution in [0.1, 0.15) is 0 Å². The molecule has 0 saturated carbocycles. The molecular weight excluding hydrogens is 605 g/mol. The van der Waals surface area contributed by atoms with Gasteiger partial charge in [0.05, 0.1) is 0 Å². The summed E-state index contributed by atoms with van der Waals surface area (Å²) in [5.41, 5.74) is 5.27. The minimum atomic E-state index is -8.65. The molecule has 224 valence electrons. The number of hydrogen-bond donors (Lipinski definition) is 1. The predicted molar refractivity (Wildman–Crippen MR) is 102 cm³/mol. The standard InChI is InChI=1S/C21H10F17NO/c22-13(14(23)40-12-7-10(6-11(39)8-12)9-4-2-1-3-5-9)15(24,25)16(26,27)17(28,29)18(30,31)19(32,33)20(34,35)21(36,37)38/h1-8H,39H2. The van der Waals surface area contributed by atoms with Crippen LogP contribution in [0, 0.1) is 0 Å². The highest BCUT2D eigenvalue weighted by atomic mass is 19.4. The van der Waals surface area contributed by atoms with E-state index >= 15 is 0 Å². The van der Waals surface area contributed by atoms with Crippen LogP contribution in [0.15, 0.2) is 60.4 Å². The molecule has 0 amide bonds. The van der Waals surface area contributed by atoms with Crippen LogP contribution in [-0.4, -0.2) is 41.7 Å². The van der Waals surface area contributed by atoms with Crippen molar-refractivity contribution in [2.75, 3.05) is 5.73 Å². The van der Waals surface area contributed by atoms with Crippen molar-refractivity contribution in [2.45, 2.75) is 41.7 Å². The molecule has 19 heteroatoms. The Morgan fingerprint density at radius 2 is 1.00 bits per heavy atom. The molecule has 0 aliphatic carbocycles. The molecule has 0 bridgehead atoms. The third-order valence-corrected chi connectivity index (χ3v) is 5.02.